The van der Waals surface area contributed by atoms with Gasteiger partial charge in [0.2, 0.25) is 11.8 Å². The van der Waals surface area contributed by atoms with Crippen LogP contribution in [0.5, 0.6) is 5.75 Å². The number of imide groups is 1. The molecule has 2 aliphatic carbocycles. The Labute approximate surface area is 175 Å². The van der Waals surface area contributed by atoms with Crippen molar-refractivity contribution in [3.05, 3.63) is 42.0 Å². The van der Waals surface area contributed by atoms with E-state index < -0.39 is 18.6 Å². The number of benzene rings is 1. The van der Waals surface area contributed by atoms with Gasteiger partial charge < -0.3 is 9.47 Å². The van der Waals surface area contributed by atoms with Crippen molar-refractivity contribution >= 4 is 23.6 Å². The maximum atomic E-state index is 13.0. The van der Waals surface area contributed by atoms with Crippen molar-refractivity contribution in [2.45, 2.75) is 26.3 Å². The highest BCUT2D eigenvalue weighted by Crippen LogP contribution is 2.53. The lowest BCUT2D eigenvalue weighted by Crippen LogP contribution is -2.50. The zero-order valence-corrected chi connectivity index (χ0v) is 17.2. The minimum atomic E-state index is -1.03. The molecule has 7 heteroatoms. The molecule has 2 fully saturated rings. The number of hydrogen-bond donors (Lipinski definition) is 0. The number of ketones is 1. The van der Waals surface area contributed by atoms with Gasteiger partial charge in [-0.2, -0.15) is 0 Å². The topological polar surface area (TPSA) is 90.0 Å². The van der Waals surface area contributed by atoms with Crippen LogP contribution in [0.25, 0.3) is 0 Å². The lowest BCUT2D eigenvalue weighted by atomic mass is 9.85. The summed E-state index contributed by atoms with van der Waals surface area (Å²) in [5.41, 5.74) is 0.384. The van der Waals surface area contributed by atoms with Gasteiger partial charge in [-0.25, -0.2) is 4.79 Å². The van der Waals surface area contributed by atoms with Gasteiger partial charge in [0.15, 0.2) is 12.4 Å². The number of likely N-dealkylation sites (tertiary alicyclic amines) is 1. The van der Waals surface area contributed by atoms with Crippen LogP contribution in [0.2, 0.25) is 0 Å². The monoisotopic (exact) mass is 411 g/mol. The third kappa shape index (κ3) is 3.22. The second-order valence-corrected chi connectivity index (χ2v) is 8.49. The second-order valence-electron chi connectivity index (χ2n) is 8.49. The summed E-state index contributed by atoms with van der Waals surface area (Å²) in [4.78, 5) is 52.4. The zero-order chi connectivity index (χ0) is 21.6. The standard InChI is InChI=1S/C23H25NO6/c1-12(2)20(23(28)30-11-17(25)13-6-8-16(29-3)9-7-13)24-21(26)18-14-4-5-15(10-14)19(18)22(24)27/h4-9,12,14-15,18-20H,10-11H2,1-3H3/t14-,15+,18-,19-,20-/m0/s1. The number of amides is 2. The van der Waals surface area contributed by atoms with Gasteiger partial charge in [-0.05, 0) is 48.4 Å². The Balaban J connectivity index is 1.45. The van der Waals surface area contributed by atoms with Gasteiger partial charge in [-0.1, -0.05) is 26.0 Å². The average molecular weight is 411 g/mol. The number of esters is 1. The molecule has 2 bridgehead atoms. The number of methoxy groups -OCH3 is 1. The molecule has 3 aliphatic rings. The summed E-state index contributed by atoms with van der Waals surface area (Å²) in [5, 5.41) is 0. The van der Waals surface area contributed by atoms with Crippen LogP contribution in [-0.4, -0.2) is 48.2 Å². The number of rotatable bonds is 7. The number of nitrogens with zero attached hydrogens (tertiary/aromatic N) is 1. The third-order valence-corrected chi connectivity index (χ3v) is 6.41. The van der Waals surface area contributed by atoms with Crippen molar-refractivity contribution in [3.8, 4) is 5.75 Å². The highest BCUT2D eigenvalue weighted by atomic mass is 16.5. The molecule has 0 spiro atoms. The van der Waals surface area contributed by atoms with Gasteiger partial charge in [-0.15, -0.1) is 0 Å². The van der Waals surface area contributed by atoms with Gasteiger partial charge in [0.1, 0.15) is 11.8 Å². The molecular weight excluding hydrogens is 386 g/mol. The van der Waals surface area contributed by atoms with E-state index in [2.05, 4.69) is 0 Å². The van der Waals surface area contributed by atoms with Gasteiger partial charge in [0, 0.05) is 5.56 Å². The predicted molar refractivity (Wildman–Crippen MR) is 106 cm³/mol. The highest BCUT2D eigenvalue weighted by molar-refractivity contribution is 6.09. The SMILES string of the molecule is COc1ccc(C(=O)COC(=O)[C@H](C(C)C)N2C(=O)[C@@H]3[C@@H](C2=O)[C@H]2C=C[C@@H]3C2)cc1. The third-order valence-electron chi connectivity index (χ3n) is 6.41. The molecule has 30 heavy (non-hydrogen) atoms. The maximum Gasteiger partial charge on any atom is 0.330 e. The second kappa shape index (κ2) is 7.70. The molecule has 1 aliphatic heterocycles. The molecule has 0 N–H and O–H groups in total. The minimum absolute atomic E-state index is 0.0712. The summed E-state index contributed by atoms with van der Waals surface area (Å²) < 4.78 is 10.3. The van der Waals surface area contributed by atoms with Crippen LogP contribution >= 0.6 is 0 Å². The van der Waals surface area contributed by atoms with E-state index in [4.69, 9.17) is 9.47 Å². The zero-order valence-electron chi connectivity index (χ0n) is 17.2. The molecule has 1 aromatic carbocycles. The molecule has 0 radical (unpaired) electrons. The van der Waals surface area contributed by atoms with Crippen LogP contribution in [-0.2, 0) is 19.1 Å². The van der Waals surface area contributed by atoms with Crippen LogP contribution in [0.15, 0.2) is 36.4 Å². The Morgan fingerprint density at radius 2 is 1.60 bits per heavy atom. The van der Waals surface area contributed by atoms with Crippen molar-refractivity contribution in [2.24, 2.45) is 29.6 Å². The largest absolute Gasteiger partial charge is 0.497 e. The Hall–Kier alpha value is -2.96. The van der Waals surface area contributed by atoms with E-state index in [1.165, 1.54) is 7.11 Å². The summed E-state index contributed by atoms with van der Waals surface area (Å²) >= 11 is 0. The van der Waals surface area contributed by atoms with E-state index in [0.717, 1.165) is 11.3 Å². The normalized spacial score (nSPS) is 27.5. The summed E-state index contributed by atoms with van der Waals surface area (Å²) in [6.07, 6.45) is 4.85. The van der Waals surface area contributed by atoms with E-state index in [1.807, 2.05) is 12.2 Å². The van der Waals surface area contributed by atoms with Crippen molar-refractivity contribution in [1.29, 1.82) is 0 Å². The number of hydrogen-bond acceptors (Lipinski definition) is 6. The van der Waals surface area contributed by atoms with E-state index in [1.54, 1.807) is 38.1 Å². The van der Waals surface area contributed by atoms with Crippen molar-refractivity contribution < 1.29 is 28.7 Å². The minimum Gasteiger partial charge on any atom is -0.497 e. The maximum absolute atomic E-state index is 13.0. The lowest BCUT2D eigenvalue weighted by molar-refractivity contribution is -0.160. The number of carbonyl (C=O) groups is 4. The molecule has 2 amide bonds. The number of allylic oxidation sites excluding steroid dienone is 2. The molecule has 1 saturated heterocycles. The summed E-state index contributed by atoms with van der Waals surface area (Å²) in [7, 11) is 1.53. The fraction of sp³-hybridized carbons (Fsp3) is 0.478. The van der Waals surface area contributed by atoms with E-state index >= 15 is 0 Å². The average Bonchev–Trinajstić information content (AvgIpc) is 3.42. The number of fused-ring (bicyclic) bond motifs is 5. The number of carbonyl (C=O) groups excluding carboxylic acids is 4. The highest BCUT2D eigenvalue weighted by Gasteiger charge is 2.61. The van der Waals surface area contributed by atoms with E-state index in [0.29, 0.717) is 11.3 Å². The summed E-state index contributed by atoms with van der Waals surface area (Å²) in [5.74, 6) is -2.00. The quantitative estimate of drug-likeness (QED) is 0.296. The first-order chi connectivity index (χ1) is 14.3. The number of ether oxygens (including phenoxy) is 2. The Bertz CT molecular complexity index is 888. The summed E-state index contributed by atoms with van der Waals surface area (Å²) in [6, 6.07) is 5.45. The lowest BCUT2D eigenvalue weighted by Gasteiger charge is -2.28. The van der Waals surface area contributed by atoms with Gasteiger partial charge in [0.05, 0.1) is 18.9 Å². The fourth-order valence-corrected chi connectivity index (χ4v) is 4.96. The molecule has 7 nitrogen and oxygen atoms in total. The summed E-state index contributed by atoms with van der Waals surface area (Å²) in [6.45, 7) is 3.07. The van der Waals surface area contributed by atoms with Crippen LogP contribution in [0, 0.1) is 29.6 Å². The fourth-order valence-electron chi connectivity index (χ4n) is 4.96. The Morgan fingerprint density at radius 1 is 1.03 bits per heavy atom. The molecule has 158 valence electrons. The number of Topliss-reactive ketones (excluding diaryl/α,β-unsaturated/α-hetero) is 1. The van der Waals surface area contributed by atoms with E-state index in [9.17, 15) is 19.2 Å². The molecule has 1 heterocycles. The molecule has 1 saturated carbocycles. The molecule has 5 atom stereocenters. The first-order valence-corrected chi connectivity index (χ1v) is 10.2. The Kier molecular flexibility index (Phi) is 5.22. The molecule has 4 rings (SSSR count). The van der Waals surface area contributed by atoms with Crippen LogP contribution in [0.1, 0.15) is 30.6 Å². The molecule has 0 aromatic heterocycles. The van der Waals surface area contributed by atoms with Gasteiger partial charge in [-0.3, -0.25) is 19.3 Å². The Morgan fingerprint density at radius 3 is 2.10 bits per heavy atom. The van der Waals surface area contributed by atoms with Crippen molar-refractivity contribution in [1.82, 2.24) is 4.90 Å². The smallest absolute Gasteiger partial charge is 0.330 e. The van der Waals surface area contributed by atoms with Crippen LogP contribution in [0.3, 0.4) is 0 Å². The van der Waals surface area contributed by atoms with Crippen LogP contribution < -0.4 is 4.74 Å². The van der Waals surface area contributed by atoms with Crippen molar-refractivity contribution in [2.75, 3.05) is 13.7 Å². The van der Waals surface area contributed by atoms with Crippen LogP contribution in [0.4, 0.5) is 0 Å². The first-order valence-electron chi connectivity index (χ1n) is 10.2. The van der Waals surface area contributed by atoms with E-state index in [-0.39, 0.29) is 47.2 Å². The molecular formula is C23H25NO6. The molecule has 1 aromatic rings. The van der Waals surface area contributed by atoms with Gasteiger partial charge in [0.25, 0.3) is 0 Å². The van der Waals surface area contributed by atoms with Crippen molar-refractivity contribution in [3.63, 3.8) is 0 Å². The predicted octanol–water partition coefficient (Wildman–Crippen LogP) is 2.25. The van der Waals surface area contributed by atoms with Gasteiger partial charge >= 0.3 is 5.97 Å². The first kappa shape index (κ1) is 20.3. The molecule has 0 unspecified atom stereocenters.